The Morgan fingerprint density at radius 2 is 1.67 bits per heavy atom. The number of carbonyl (C=O) groups excluding carboxylic acids is 1. The summed E-state index contributed by atoms with van der Waals surface area (Å²) in [5.74, 6) is 0.791. The molecule has 1 amide bonds. The van der Waals surface area contributed by atoms with E-state index in [1.807, 2.05) is 71.6 Å². The molecular formula is C25H20N4O. The lowest BCUT2D eigenvalue weighted by Gasteiger charge is -2.15. The van der Waals surface area contributed by atoms with Crippen LogP contribution in [0.3, 0.4) is 0 Å². The molecule has 0 saturated heterocycles. The van der Waals surface area contributed by atoms with Gasteiger partial charge in [0.25, 0.3) is 5.91 Å². The lowest BCUT2D eigenvalue weighted by Crippen LogP contribution is -2.26. The minimum absolute atomic E-state index is 0.0785. The van der Waals surface area contributed by atoms with Crippen molar-refractivity contribution in [2.45, 2.75) is 13.0 Å². The molecule has 0 radical (unpaired) electrons. The van der Waals surface area contributed by atoms with Crippen molar-refractivity contribution in [3.8, 4) is 22.5 Å². The van der Waals surface area contributed by atoms with E-state index in [1.165, 1.54) is 0 Å². The second-order valence-corrected chi connectivity index (χ2v) is 7.29. The molecule has 5 heteroatoms. The summed E-state index contributed by atoms with van der Waals surface area (Å²) in [6, 6.07) is 21.8. The van der Waals surface area contributed by atoms with Crippen LogP contribution in [0.5, 0.6) is 0 Å². The molecular weight excluding hydrogens is 372 g/mol. The molecule has 0 atom stereocenters. The van der Waals surface area contributed by atoms with Gasteiger partial charge in [0.1, 0.15) is 0 Å². The number of nitrogens with zero attached hydrogens (tertiary/aromatic N) is 4. The number of carbonyl (C=O) groups is 1. The maximum Gasteiger partial charge on any atom is 0.255 e. The summed E-state index contributed by atoms with van der Waals surface area (Å²) >= 11 is 0. The highest BCUT2D eigenvalue weighted by atomic mass is 16.2. The fourth-order valence-electron chi connectivity index (χ4n) is 3.88. The number of aromatic nitrogens is 3. The number of hydrogen-bond donors (Lipinski definition) is 0. The predicted molar refractivity (Wildman–Crippen MR) is 116 cm³/mol. The Morgan fingerprint density at radius 1 is 0.833 bits per heavy atom. The van der Waals surface area contributed by atoms with Gasteiger partial charge in [0, 0.05) is 49.4 Å². The van der Waals surface area contributed by atoms with Gasteiger partial charge in [-0.05, 0) is 34.9 Å². The number of hydrogen-bond acceptors (Lipinski definition) is 4. The van der Waals surface area contributed by atoms with Gasteiger partial charge in [0.2, 0.25) is 0 Å². The van der Waals surface area contributed by atoms with Gasteiger partial charge in [-0.1, -0.05) is 48.5 Å². The van der Waals surface area contributed by atoms with Crippen molar-refractivity contribution in [1.29, 1.82) is 0 Å². The van der Waals surface area contributed by atoms with Crippen molar-refractivity contribution in [2.75, 3.05) is 6.54 Å². The van der Waals surface area contributed by atoms with Gasteiger partial charge in [-0.25, -0.2) is 9.97 Å². The summed E-state index contributed by atoms with van der Waals surface area (Å²) in [6.07, 6.45) is 5.98. The van der Waals surface area contributed by atoms with Crippen LogP contribution in [0.15, 0.2) is 85.3 Å². The van der Waals surface area contributed by atoms with E-state index in [9.17, 15) is 4.79 Å². The SMILES string of the molecule is O=C1c2c(cccc2-c2ccncc2)CN1CCc1ccnc(-c2ccccc2)n1. The Kier molecular flexibility index (Phi) is 4.77. The first-order chi connectivity index (χ1) is 14.8. The van der Waals surface area contributed by atoms with E-state index in [2.05, 4.69) is 15.0 Å². The first-order valence-electron chi connectivity index (χ1n) is 9.98. The van der Waals surface area contributed by atoms with E-state index in [0.717, 1.165) is 33.5 Å². The highest BCUT2D eigenvalue weighted by molar-refractivity contribution is 6.04. The highest BCUT2D eigenvalue weighted by Crippen LogP contribution is 2.32. The number of amides is 1. The maximum absolute atomic E-state index is 13.2. The molecule has 4 aromatic rings. The van der Waals surface area contributed by atoms with Gasteiger partial charge in [0.05, 0.1) is 5.56 Å². The standard InChI is InChI=1S/C25H20N4O/c30-25-23-20(7-4-8-22(23)18-9-13-26-14-10-18)17-29(25)16-12-21-11-15-27-24(28-21)19-5-2-1-3-6-19/h1-11,13-15H,12,16-17H2. The Bertz CT molecular complexity index is 1190. The van der Waals surface area contributed by atoms with Crippen molar-refractivity contribution in [3.63, 3.8) is 0 Å². The van der Waals surface area contributed by atoms with Crippen molar-refractivity contribution >= 4 is 5.91 Å². The molecule has 0 saturated carbocycles. The summed E-state index contributed by atoms with van der Waals surface area (Å²) < 4.78 is 0. The zero-order valence-corrected chi connectivity index (χ0v) is 16.4. The zero-order chi connectivity index (χ0) is 20.3. The smallest absolute Gasteiger partial charge is 0.255 e. The lowest BCUT2D eigenvalue weighted by atomic mass is 9.97. The van der Waals surface area contributed by atoms with Crippen LogP contribution in [0.25, 0.3) is 22.5 Å². The third-order valence-corrected chi connectivity index (χ3v) is 5.39. The Balaban J connectivity index is 1.34. The van der Waals surface area contributed by atoms with Gasteiger partial charge in [0.15, 0.2) is 5.82 Å². The van der Waals surface area contributed by atoms with E-state index < -0.39 is 0 Å². The van der Waals surface area contributed by atoms with Crippen molar-refractivity contribution in [3.05, 3.63) is 102 Å². The van der Waals surface area contributed by atoms with Crippen molar-refractivity contribution < 1.29 is 4.79 Å². The third-order valence-electron chi connectivity index (χ3n) is 5.39. The van der Waals surface area contributed by atoms with Crippen LogP contribution >= 0.6 is 0 Å². The van der Waals surface area contributed by atoms with Gasteiger partial charge in [-0.3, -0.25) is 9.78 Å². The van der Waals surface area contributed by atoms with E-state index in [1.54, 1.807) is 18.6 Å². The Labute approximate surface area is 175 Å². The number of pyridine rings is 1. The molecule has 5 rings (SSSR count). The molecule has 3 heterocycles. The minimum atomic E-state index is 0.0785. The summed E-state index contributed by atoms with van der Waals surface area (Å²) in [5.41, 5.74) is 5.78. The predicted octanol–water partition coefficient (Wildman–Crippen LogP) is 4.40. The first-order valence-corrected chi connectivity index (χ1v) is 9.98. The van der Waals surface area contributed by atoms with E-state index in [0.29, 0.717) is 25.3 Å². The average molecular weight is 392 g/mol. The van der Waals surface area contributed by atoms with Gasteiger partial charge in [-0.2, -0.15) is 0 Å². The van der Waals surface area contributed by atoms with Crippen LogP contribution in [0.1, 0.15) is 21.6 Å². The molecule has 0 fully saturated rings. The average Bonchev–Trinajstić information content (AvgIpc) is 3.15. The largest absolute Gasteiger partial charge is 0.334 e. The van der Waals surface area contributed by atoms with Crippen LogP contribution in [-0.4, -0.2) is 32.3 Å². The monoisotopic (exact) mass is 392 g/mol. The molecule has 2 aromatic heterocycles. The maximum atomic E-state index is 13.2. The minimum Gasteiger partial charge on any atom is -0.334 e. The van der Waals surface area contributed by atoms with Gasteiger partial charge >= 0.3 is 0 Å². The molecule has 1 aliphatic heterocycles. The van der Waals surface area contributed by atoms with E-state index >= 15 is 0 Å². The second-order valence-electron chi connectivity index (χ2n) is 7.29. The summed E-state index contributed by atoms with van der Waals surface area (Å²) in [4.78, 5) is 28.2. The van der Waals surface area contributed by atoms with E-state index in [4.69, 9.17) is 0 Å². The Hall–Kier alpha value is -3.86. The van der Waals surface area contributed by atoms with Crippen molar-refractivity contribution in [2.24, 2.45) is 0 Å². The van der Waals surface area contributed by atoms with Crippen molar-refractivity contribution in [1.82, 2.24) is 19.9 Å². The fourth-order valence-corrected chi connectivity index (χ4v) is 3.88. The molecule has 1 aliphatic rings. The molecule has 5 nitrogen and oxygen atoms in total. The topological polar surface area (TPSA) is 59.0 Å². The summed E-state index contributed by atoms with van der Waals surface area (Å²) in [5, 5.41) is 0. The molecule has 0 aliphatic carbocycles. The number of rotatable bonds is 5. The summed E-state index contributed by atoms with van der Waals surface area (Å²) in [6.45, 7) is 1.25. The van der Waals surface area contributed by atoms with Crippen LogP contribution < -0.4 is 0 Å². The van der Waals surface area contributed by atoms with E-state index in [-0.39, 0.29) is 5.91 Å². The zero-order valence-electron chi connectivity index (χ0n) is 16.4. The highest BCUT2D eigenvalue weighted by Gasteiger charge is 2.29. The molecule has 0 bridgehead atoms. The van der Waals surface area contributed by atoms with Crippen LogP contribution in [0.4, 0.5) is 0 Å². The number of benzene rings is 2. The molecule has 0 unspecified atom stereocenters. The van der Waals surface area contributed by atoms with Crippen LogP contribution in [0.2, 0.25) is 0 Å². The fraction of sp³-hybridized carbons (Fsp3) is 0.120. The molecule has 30 heavy (non-hydrogen) atoms. The second kappa shape index (κ2) is 7.87. The quantitative estimate of drug-likeness (QED) is 0.505. The Morgan fingerprint density at radius 3 is 2.50 bits per heavy atom. The lowest BCUT2D eigenvalue weighted by molar-refractivity contribution is 0.0780. The third kappa shape index (κ3) is 3.46. The number of fused-ring (bicyclic) bond motifs is 1. The van der Waals surface area contributed by atoms with Gasteiger partial charge in [-0.15, -0.1) is 0 Å². The molecule has 2 aromatic carbocycles. The molecule has 0 spiro atoms. The molecule has 146 valence electrons. The van der Waals surface area contributed by atoms with Crippen LogP contribution in [0, 0.1) is 0 Å². The summed E-state index contributed by atoms with van der Waals surface area (Å²) in [7, 11) is 0. The normalized spacial score (nSPS) is 12.8. The first kappa shape index (κ1) is 18.2. The van der Waals surface area contributed by atoms with Gasteiger partial charge < -0.3 is 4.90 Å². The molecule has 0 N–H and O–H groups in total. The van der Waals surface area contributed by atoms with Crippen LogP contribution in [-0.2, 0) is 13.0 Å².